The lowest BCUT2D eigenvalue weighted by molar-refractivity contribution is 0.0529. The molecule has 0 saturated carbocycles. The Morgan fingerprint density at radius 1 is 0.921 bits per heavy atom. The molecule has 0 fully saturated rings. The zero-order valence-corrected chi connectivity index (χ0v) is 20.4. The van der Waals surface area contributed by atoms with E-state index in [4.69, 9.17) is 9.15 Å². The van der Waals surface area contributed by atoms with Gasteiger partial charge in [-0.3, -0.25) is 0 Å². The SMILES string of the molecule is COC(=O)c1ccccc1-c1c2cc(C)c(=NC(F)C(F)F)cc-2oc2cc(NC(F)C(F)F)c(C)cc12. The average molecular weight is 536 g/mol. The van der Waals surface area contributed by atoms with E-state index in [-0.39, 0.29) is 28.0 Å². The van der Waals surface area contributed by atoms with E-state index in [0.717, 1.165) is 0 Å². The molecule has 1 heterocycles. The van der Waals surface area contributed by atoms with Crippen molar-refractivity contribution in [2.45, 2.75) is 39.3 Å². The number of carbonyl (C=O) groups is 1. The van der Waals surface area contributed by atoms with Crippen molar-refractivity contribution in [1.82, 2.24) is 0 Å². The summed E-state index contributed by atoms with van der Waals surface area (Å²) in [5.74, 6) is -0.547. The summed E-state index contributed by atoms with van der Waals surface area (Å²) in [6, 6.07) is 12.3. The Labute approximate surface area is 213 Å². The largest absolute Gasteiger partial charge is 0.465 e. The first-order valence-corrected chi connectivity index (χ1v) is 11.4. The molecule has 11 heteroatoms. The molecule has 1 aliphatic carbocycles. The topological polar surface area (TPSA) is 63.8 Å². The second-order valence-corrected chi connectivity index (χ2v) is 8.53. The number of hydrogen-bond donors (Lipinski definition) is 1. The molecule has 0 aromatic heterocycles. The van der Waals surface area contributed by atoms with Crippen LogP contribution in [0.1, 0.15) is 21.5 Å². The maximum atomic E-state index is 13.8. The van der Waals surface area contributed by atoms with Gasteiger partial charge in [-0.1, -0.05) is 18.2 Å². The van der Waals surface area contributed by atoms with Gasteiger partial charge in [0.05, 0.1) is 18.0 Å². The third-order valence-electron chi connectivity index (χ3n) is 5.97. The fourth-order valence-corrected chi connectivity index (χ4v) is 4.16. The van der Waals surface area contributed by atoms with Gasteiger partial charge in [-0.15, -0.1) is 0 Å². The van der Waals surface area contributed by atoms with Crippen molar-refractivity contribution in [3.05, 3.63) is 70.6 Å². The molecule has 0 radical (unpaired) electrons. The smallest absolute Gasteiger partial charge is 0.338 e. The van der Waals surface area contributed by atoms with Crippen LogP contribution >= 0.6 is 0 Å². The van der Waals surface area contributed by atoms with Gasteiger partial charge in [0.1, 0.15) is 11.3 Å². The van der Waals surface area contributed by atoms with Crippen LogP contribution in [0.5, 0.6) is 0 Å². The molecule has 5 nitrogen and oxygen atoms in total. The number of aryl methyl sites for hydroxylation is 2. The number of carbonyl (C=O) groups excluding carboxylic acids is 1. The summed E-state index contributed by atoms with van der Waals surface area (Å²) in [7, 11) is 1.22. The highest BCUT2D eigenvalue weighted by molar-refractivity contribution is 6.08. The summed E-state index contributed by atoms with van der Waals surface area (Å²) in [5, 5.41) is 2.46. The summed E-state index contributed by atoms with van der Waals surface area (Å²) < 4.78 is 89.8. The summed E-state index contributed by atoms with van der Waals surface area (Å²) in [4.78, 5) is 16.0. The zero-order chi connectivity index (χ0) is 27.7. The van der Waals surface area contributed by atoms with Crippen LogP contribution in [-0.4, -0.2) is 38.5 Å². The lowest BCUT2D eigenvalue weighted by Gasteiger charge is -2.20. The second-order valence-electron chi connectivity index (χ2n) is 8.53. The number of benzene rings is 3. The highest BCUT2D eigenvalue weighted by Gasteiger charge is 2.25. The number of methoxy groups -OCH3 is 1. The van der Waals surface area contributed by atoms with Crippen LogP contribution in [0, 0.1) is 13.8 Å². The number of anilines is 1. The van der Waals surface area contributed by atoms with Crippen molar-refractivity contribution >= 4 is 22.6 Å². The highest BCUT2D eigenvalue weighted by Crippen LogP contribution is 2.43. The van der Waals surface area contributed by atoms with Crippen LogP contribution in [-0.2, 0) is 4.74 Å². The highest BCUT2D eigenvalue weighted by atomic mass is 19.3. The Hall–Kier alpha value is -4.02. The van der Waals surface area contributed by atoms with Gasteiger partial charge in [0.15, 0.2) is 0 Å². The second kappa shape index (κ2) is 10.8. The molecule has 4 rings (SSSR count). The van der Waals surface area contributed by atoms with E-state index in [2.05, 4.69) is 10.3 Å². The summed E-state index contributed by atoms with van der Waals surface area (Å²) in [6.45, 7) is 3.14. The van der Waals surface area contributed by atoms with Gasteiger partial charge < -0.3 is 14.5 Å². The van der Waals surface area contributed by atoms with Gasteiger partial charge in [-0.05, 0) is 48.7 Å². The predicted octanol–water partition coefficient (Wildman–Crippen LogP) is 7.04. The van der Waals surface area contributed by atoms with Gasteiger partial charge in [0, 0.05) is 34.3 Å². The minimum atomic E-state index is -3.33. The van der Waals surface area contributed by atoms with Crippen molar-refractivity contribution < 1.29 is 40.3 Å². The van der Waals surface area contributed by atoms with Gasteiger partial charge >= 0.3 is 5.97 Å². The van der Waals surface area contributed by atoms with E-state index < -0.39 is 31.4 Å². The number of ether oxygens (including phenoxy) is 1. The quantitative estimate of drug-likeness (QED) is 0.119. The first-order valence-electron chi connectivity index (χ1n) is 11.4. The summed E-state index contributed by atoms with van der Waals surface area (Å²) in [5.41, 5.74) is 2.45. The lowest BCUT2D eigenvalue weighted by Crippen LogP contribution is -2.22. The molecule has 2 aliphatic rings. The molecule has 0 amide bonds. The number of rotatable bonds is 7. The molecule has 0 bridgehead atoms. The van der Waals surface area contributed by atoms with Crippen molar-refractivity contribution in [2.24, 2.45) is 4.99 Å². The van der Waals surface area contributed by atoms with E-state index in [0.29, 0.717) is 33.2 Å². The van der Waals surface area contributed by atoms with Crippen LogP contribution in [0.4, 0.5) is 32.0 Å². The van der Waals surface area contributed by atoms with Crippen LogP contribution in [0.15, 0.2) is 57.9 Å². The number of nitrogens with one attached hydrogen (secondary N) is 1. The molecule has 2 aromatic carbocycles. The lowest BCUT2D eigenvalue weighted by atomic mass is 9.89. The van der Waals surface area contributed by atoms with Crippen LogP contribution in [0.2, 0.25) is 0 Å². The normalized spacial score (nSPS) is 13.9. The van der Waals surface area contributed by atoms with Crippen molar-refractivity contribution in [2.75, 3.05) is 12.4 Å². The Balaban J connectivity index is 2.11. The average Bonchev–Trinajstić information content (AvgIpc) is 2.88. The van der Waals surface area contributed by atoms with E-state index in [9.17, 15) is 31.1 Å². The van der Waals surface area contributed by atoms with Crippen LogP contribution < -0.4 is 10.7 Å². The molecule has 1 aliphatic heterocycles. The third kappa shape index (κ3) is 5.18. The number of nitrogens with zero attached hydrogens (tertiary/aromatic N) is 1. The van der Waals surface area contributed by atoms with Gasteiger partial charge in [0.25, 0.3) is 19.1 Å². The molecular weight excluding hydrogens is 514 g/mol. The molecule has 200 valence electrons. The Kier molecular flexibility index (Phi) is 7.66. The first-order chi connectivity index (χ1) is 18.0. The van der Waals surface area contributed by atoms with E-state index in [1.54, 1.807) is 50.2 Å². The Bertz CT molecular complexity index is 1540. The third-order valence-corrected chi connectivity index (χ3v) is 5.97. The summed E-state index contributed by atoms with van der Waals surface area (Å²) >= 11 is 0. The van der Waals surface area contributed by atoms with Gasteiger partial charge in [-0.2, -0.15) is 0 Å². The predicted molar refractivity (Wildman–Crippen MR) is 130 cm³/mol. The number of esters is 1. The van der Waals surface area contributed by atoms with E-state index in [1.165, 1.54) is 19.2 Å². The van der Waals surface area contributed by atoms with Crippen LogP contribution in [0.3, 0.4) is 0 Å². The molecule has 2 aromatic rings. The van der Waals surface area contributed by atoms with E-state index >= 15 is 0 Å². The molecule has 2 atom stereocenters. The van der Waals surface area contributed by atoms with E-state index in [1.807, 2.05) is 0 Å². The zero-order valence-electron chi connectivity index (χ0n) is 20.4. The fraction of sp³-hybridized carbons (Fsp3) is 0.259. The van der Waals surface area contributed by atoms with Crippen molar-refractivity contribution in [3.63, 3.8) is 0 Å². The molecule has 0 saturated heterocycles. The standard InChI is InChI=1S/C27H22F6N2O3/c1-12-8-16-20(10-18(12)34-25(32)23(28)29)38-21-11-19(35-26(33)24(30)31)13(2)9-17(21)22(16)14-6-4-5-7-15(14)27(36)37-3/h4-11,23-26,34H,1-3H3. The number of alkyl halides is 6. The maximum absolute atomic E-state index is 13.8. The Morgan fingerprint density at radius 3 is 2.29 bits per heavy atom. The first kappa shape index (κ1) is 27.0. The van der Waals surface area contributed by atoms with Gasteiger partial charge in [-0.25, -0.2) is 36.1 Å². The maximum Gasteiger partial charge on any atom is 0.338 e. The minimum Gasteiger partial charge on any atom is -0.465 e. The Morgan fingerprint density at radius 2 is 1.63 bits per heavy atom. The summed E-state index contributed by atoms with van der Waals surface area (Å²) in [6.07, 6.45) is -12.0. The van der Waals surface area contributed by atoms with Crippen molar-refractivity contribution in [1.29, 1.82) is 0 Å². The number of fused-ring (bicyclic) bond motifs is 2. The van der Waals surface area contributed by atoms with Crippen molar-refractivity contribution in [3.8, 4) is 22.5 Å². The molecule has 2 unspecified atom stereocenters. The number of halogens is 6. The fourth-order valence-electron chi connectivity index (χ4n) is 4.16. The molecule has 38 heavy (non-hydrogen) atoms. The molecular formula is C27H22F6N2O3. The monoisotopic (exact) mass is 536 g/mol. The molecule has 0 spiro atoms. The number of hydrogen-bond acceptors (Lipinski definition) is 5. The molecule has 1 N–H and O–H groups in total. The van der Waals surface area contributed by atoms with Crippen LogP contribution in [0.25, 0.3) is 33.4 Å². The van der Waals surface area contributed by atoms with Gasteiger partial charge in [0.2, 0.25) is 6.30 Å². The minimum absolute atomic E-state index is 0.0270.